The van der Waals surface area contributed by atoms with Crippen LogP contribution in [0.1, 0.15) is 112 Å². The van der Waals surface area contributed by atoms with E-state index in [-0.39, 0.29) is 26.4 Å². The molecule has 0 radical (unpaired) electrons. The van der Waals surface area contributed by atoms with Crippen molar-refractivity contribution in [1.82, 2.24) is 0 Å². The summed E-state index contributed by atoms with van der Waals surface area (Å²) in [7, 11) is 1.65. The van der Waals surface area contributed by atoms with Crippen LogP contribution in [0.2, 0.25) is 0 Å². The van der Waals surface area contributed by atoms with E-state index < -0.39 is 42.9 Å². The molecule has 6 rings (SSSR count). The van der Waals surface area contributed by atoms with E-state index in [9.17, 15) is 5.53 Å². The molecule has 0 unspecified atom stereocenters. The lowest BCUT2D eigenvalue weighted by Crippen LogP contribution is -2.62. The van der Waals surface area contributed by atoms with Crippen LogP contribution in [0, 0.1) is 0 Å². The fraction of sp³-hybridized carbons (Fsp3) is 0.467. The number of methoxy groups -OCH3 is 1. The number of unbranched alkanes of at least 4 members (excludes halogenated alkanes) is 11. The second-order valence-electron chi connectivity index (χ2n) is 18.3. The van der Waals surface area contributed by atoms with Gasteiger partial charge in [0.1, 0.15) is 30.2 Å². The van der Waals surface area contributed by atoms with Gasteiger partial charge in [-0.25, -0.2) is 0 Å². The molecule has 0 aromatic heterocycles. The van der Waals surface area contributed by atoms with Crippen molar-refractivity contribution < 1.29 is 37.9 Å². The molecule has 1 fully saturated rings. The van der Waals surface area contributed by atoms with Crippen molar-refractivity contribution in [3.8, 4) is 5.75 Å². The SMILES string of the molecule is CCCCCCCCCCCCC/C=C/[C@@H](OCc1ccc(OC)cc1)[C@H](CO[C@H]1O[C@H](COCc2ccccc2)[C@H](OCc2ccccc2)[C@H](OCc2ccccc2)[C@H]1OCc1ccccc1)N=[N+]=[N-]. The van der Waals surface area contributed by atoms with Crippen LogP contribution in [0.15, 0.2) is 163 Å². The Balaban J connectivity index is 1.23. The van der Waals surface area contributed by atoms with Crippen LogP contribution in [-0.2, 0) is 66.2 Å². The van der Waals surface area contributed by atoms with E-state index in [1.807, 2.05) is 152 Å². The van der Waals surface area contributed by atoms with Crippen LogP contribution in [0.4, 0.5) is 0 Å². The average Bonchev–Trinajstić information content (AvgIpc) is 3.42. The Bertz CT molecular complexity index is 2200. The molecule has 1 aliphatic heterocycles. The maximum atomic E-state index is 10.1. The van der Waals surface area contributed by atoms with Crippen molar-refractivity contribution in [3.63, 3.8) is 0 Å². The van der Waals surface area contributed by atoms with Crippen molar-refractivity contribution in [2.24, 2.45) is 5.11 Å². The number of rotatable bonds is 35. The van der Waals surface area contributed by atoms with Gasteiger partial charge in [0.25, 0.3) is 0 Å². The molecule has 0 spiro atoms. The largest absolute Gasteiger partial charge is 0.497 e. The summed E-state index contributed by atoms with van der Waals surface area (Å²) in [5.41, 5.74) is 15.0. The van der Waals surface area contributed by atoms with E-state index in [0.717, 1.165) is 46.4 Å². The molecule has 0 saturated carbocycles. The molecule has 11 nitrogen and oxygen atoms in total. The van der Waals surface area contributed by atoms with E-state index in [0.29, 0.717) is 19.8 Å². The number of allylic oxidation sites excluding steroid dienone is 1. The molecule has 0 amide bonds. The van der Waals surface area contributed by atoms with Gasteiger partial charge >= 0.3 is 0 Å². The summed E-state index contributed by atoms with van der Waals surface area (Å²) in [6, 6.07) is 47.2. The van der Waals surface area contributed by atoms with Gasteiger partial charge < -0.3 is 37.9 Å². The first-order valence-corrected chi connectivity index (χ1v) is 25.9. The minimum absolute atomic E-state index is 0.0332. The van der Waals surface area contributed by atoms with Gasteiger partial charge in [-0.15, -0.1) is 0 Å². The Kier molecular flexibility index (Phi) is 25.8. The average molecular weight is 968 g/mol. The molecule has 5 aromatic carbocycles. The molecule has 0 N–H and O–H groups in total. The Morgan fingerprint density at radius 2 is 1.03 bits per heavy atom. The van der Waals surface area contributed by atoms with E-state index in [4.69, 9.17) is 37.9 Å². The zero-order valence-corrected chi connectivity index (χ0v) is 42.1. The van der Waals surface area contributed by atoms with Gasteiger partial charge in [0.2, 0.25) is 0 Å². The van der Waals surface area contributed by atoms with Crippen molar-refractivity contribution in [3.05, 3.63) is 196 Å². The predicted molar refractivity (Wildman–Crippen MR) is 280 cm³/mol. The molecule has 0 aliphatic carbocycles. The lowest BCUT2D eigenvalue weighted by atomic mass is 9.97. The van der Waals surface area contributed by atoms with Crippen molar-refractivity contribution >= 4 is 0 Å². The van der Waals surface area contributed by atoms with Crippen LogP contribution in [0.5, 0.6) is 5.75 Å². The van der Waals surface area contributed by atoms with E-state index >= 15 is 0 Å². The van der Waals surface area contributed by atoms with Crippen molar-refractivity contribution in [2.75, 3.05) is 20.3 Å². The zero-order chi connectivity index (χ0) is 49.4. The quantitative estimate of drug-likeness (QED) is 0.0129. The van der Waals surface area contributed by atoms with Crippen LogP contribution >= 0.6 is 0 Å². The van der Waals surface area contributed by atoms with E-state index in [2.05, 4.69) is 23.0 Å². The lowest BCUT2D eigenvalue weighted by Gasteiger charge is -2.46. The maximum absolute atomic E-state index is 10.1. The highest BCUT2D eigenvalue weighted by molar-refractivity contribution is 5.27. The summed E-state index contributed by atoms with van der Waals surface area (Å²) < 4.78 is 52.9. The molecule has 11 heteroatoms. The fourth-order valence-corrected chi connectivity index (χ4v) is 8.70. The second-order valence-corrected chi connectivity index (χ2v) is 18.3. The molecule has 7 atom stereocenters. The van der Waals surface area contributed by atoms with Gasteiger partial charge in [0.05, 0.1) is 65.5 Å². The topological polar surface area (TPSA) is 123 Å². The number of nitrogens with zero attached hydrogens (tertiary/aromatic N) is 3. The van der Waals surface area contributed by atoms with Gasteiger partial charge in [-0.3, -0.25) is 0 Å². The molecule has 380 valence electrons. The summed E-state index contributed by atoms with van der Waals surface area (Å²) in [6.07, 6.45) is 14.8. The van der Waals surface area contributed by atoms with E-state index in [1.54, 1.807) is 7.11 Å². The van der Waals surface area contributed by atoms with Gasteiger partial charge in [-0.1, -0.05) is 222 Å². The molecular weight excluding hydrogens is 891 g/mol. The predicted octanol–water partition coefficient (Wildman–Crippen LogP) is 14.2. The molecule has 1 aliphatic rings. The van der Waals surface area contributed by atoms with Gasteiger partial charge in [-0.2, -0.15) is 0 Å². The van der Waals surface area contributed by atoms with Crippen molar-refractivity contribution in [2.45, 2.75) is 160 Å². The third kappa shape index (κ3) is 20.4. The van der Waals surface area contributed by atoms with Gasteiger partial charge in [-0.05, 0) is 58.3 Å². The Morgan fingerprint density at radius 1 is 0.549 bits per heavy atom. The lowest BCUT2D eigenvalue weighted by molar-refractivity contribution is -0.329. The Labute approximate surface area is 423 Å². The Morgan fingerprint density at radius 3 is 1.55 bits per heavy atom. The first kappa shape index (κ1) is 55.0. The number of benzene rings is 5. The minimum atomic E-state index is -0.986. The molecule has 5 aromatic rings. The highest BCUT2D eigenvalue weighted by Gasteiger charge is 2.49. The third-order valence-electron chi connectivity index (χ3n) is 12.8. The van der Waals surface area contributed by atoms with E-state index in [1.165, 1.54) is 64.2 Å². The smallest absolute Gasteiger partial charge is 0.186 e. The molecule has 1 saturated heterocycles. The summed E-state index contributed by atoms with van der Waals surface area (Å²) in [5.74, 6) is 0.761. The molecular formula is C60H77N3O8. The van der Waals surface area contributed by atoms with Crippen LogP contribution in [0.3, 0.4) is 0 Å². The zero-order valence-electron chi connectivity index (χ0n) is 42.1. The fourth-order valence-electron chi connectivity index (χ4n) is 8.70. The number of hydrogen-bond acceptors (Lipinski definition) is 9. The first-order valence-electron chi connectivity index (χ1n) is 25.9. The third-order valence-corrected chi connectivity index (χ3v) is 12.8. The highest BCUT2D eigenvalue weighted by Crippen LogP contribution is 2.32. The molecule has 0 bridgehead atoms. The van der Waals surface area contributed by atoms with Gasteiger partial charge in [0.15, 0.2) is 6.29 Å². The normalized spacial score (nSPS) is 18.8. The standard InChI is InChI=1S/C60H77N3O8/c1-3-4-5-6-7-8-9-10-11-12-13-14-27-36-55(66-42-52-37-39-53(64-2)40-38-52)54(62-63-61)46-70-60-59(69-45-51-34-25-18-26-35-51)58(68-44-50-32-23-17-24-33-50)57(67-43-49-30-21-16-22-31-49)56(71-60)47-65-41-48-28-19-15-20-29-48/h15-40,54-60H,3-14,41-47H2,1-2H3/b36-27+/t54-,55+,56+,57-,58-,59+,60-/m0/s1. The first-order chi connectivity index (χ1) is 35.1. The number of ether oxygens (including phenoxy) is 8. The van der Waals surface area contributed by atoms with Crippen LogP contribution in [-0.4, -0.2) is 63.2 Å². The highest BCUT2D eigenvalue weighted by atomic mass is 16.7. The second kappa shape index (κ2) is 33.3. The summed E-state index contributed by atoms with van der Waals surface area (Å²) in [5, 5.41) is 4.30. The minimum Gasteiger partial charge on any atom is -0.497 e. The number of azide groups is 1. The maximum Gasteiger partial charge on any atom is 0.186 e. The summed E-state index contributed by atoms with van der Waals surface area (Å²) in [4.78, 5) is 3.31. The van der Waals surface area contributed by atoms with Crippen LogP contribution < -0.4 is 4.74 Å². The molecule has 1 heterocycles. The van der Waals surface area contributed by atoms with Gasteiger partial charge in [0, 0.05) is 4.91 Å². The monoisotopic (exact) mass is 968 g/mol. The Hall–Kier alpha value is -5.33. The summed E-state index contributed by atoms with van der Waals surface area (Å²) in [6.45, 7) is 3.93. The number of hydrogen-bond donors (Lipinski definition) is 0. The van der Waals surface area contributed by atoms with Crippen LogP contribution in [0.25, 0.3) is 10.4 Å². The van der Waals surface area contributed by atoms with Crippen molar-refractivity contribution in [1.29, 1.82) is 0 Å². The summed E-state index contributed by atoms with van der Waals surface area (Å²) >= 11 is 0. The molecule has 71 heavy (non-hydrogen) atoms.